The second-order valence-electron chi connectivity index (χ2n) is 9.77. The van der Waals surface area contributed by atoms with E-state index in [1.165, 1.54) is 9.87 Å². The zero-order chi connectivity index (χ0) is 24.6. The van der Waals surface area contributed by atoms with Gasteiger partial charge in [-0.1, -0.05) is 56.4 Å². The molecule has 0 unspecified atom stereocenters. The molecule has 2 aliphatic heterocycles. The molecule has 11 heteroatoms. The minimum absolute atomic E-state index is 0.0196. The highest BCUT2D eigenvalue weighted by atomic mass is 32.2. The number of nitrogens with zero attached hydrogens (tertiary/aromatic N) is 3. The summed E-state index contributed by atoms with van der Waals surface area (Å²) >= 11 is 1.58. The normalized spacial score (nSPS) is 19.7. The molecule has 0 spiro atoms. The molecule has 3 heterocycles. The van der Waals surface area contributed by atoms with Crippen molar-refractivity contribution in [3.05, 3.63) is 36.0 Å². The Morgan fingerprint density at radius 3 is 2.29 bits per heavy atom. The third kappa shape index (κ3) is 4.59. The van der Waals surface area contributed by atoms with Gasteiger partial charge in [0.05, 0.1) is 4.88 Å². The molecule has 1 aromatic carbocycles. The quantitative estimate of drug-likeness (QED) is 0.472. The molecular weight excluding hydrogens is 476 g/mol. The molecule has 2 fully saturated rings. The molecule has 2 N–H and O–H groups in total. The number of amides is 1. The summed E-state index contributed by atoms with van der Waals surface area (Å²) in [6.45, 7) is 8.32. The summed E-state index contributed by atoms with van der Waals surface area (Å²) in [4.78, 5) is 20.2. The van der Waals surface area contributed by atoms with Gasteiger partial charge in [-0.05, 0) is 16.5 Å². The number of aromatic nitrogens is 1. The Morgan fingerprint density at radius 2 is 1.74 bits per heavy atom. The Labute approximate surface area is 204 Å². The lowest BCUT2D eigenvalue weighted by atomic mass is 9.87. The number of rotatable bonds is 5. The number of piperazine rings is 1. The van der Waals surface area contributed by atoms with E-state index in [0.29, 0.717) is 13.1 Å². The van der Waals surface area contributed by atoms with Crippen LogP contribution in [0.5, 0.6) is 0 Å². The van der Waals surface area contributed by atoms with Gasteiger partial charge < -0.3 is 9.64 Å². The summed E-state index contributed by atoms with van der Waals surface area (Å²) in [6, 6.07) is 8.52. The third-order valence-electron chi connectivity index (χ3n) is 6.69. The first-order chi connectivity index (χ1) is 16.1. The number of carbonyl (C=O) groups excluding carboxylic acids is 1. The summed E-state index contributed by atoms with van der Waals surface area (Å²) in [6.07, 6.45) is 1.90. The average Bonchev–Trinajstić information content (AvgIpc) is 3.34. The third-order valence-corrected chi connectivity index (χ3v) is 10.4. The maximum Gasteiger partial charge on any atom is 0.266 e. The molecule has 9 nitrogen and oxygen atoms in total. The second kappa shape index (κ2) is 9.54. The number of thiazole rings is 1. The fraction of sp³-hybridized carbons (Fsp3) is 0.565. The number of nitrogens with one attached hydrogen (secondary N) is 1. The molecule has 1 aromatic heterocycles. The van der Waals surface area contributed by atoms with Gasteiger partial charge in [-0.3, -0.25) is 10.0 Å². The van der Waals surface area contributed by atoms with Crippen LogP contribution in [-0.4, -0.2) is 73.0 Å². The molecule has 186 valence electrons. The summed E-state index contributed by atoms with van der Waals surface area (Å²) in [5.41, 5.74) is 4.04. The van der Waals surface area contributed by atoms with Gasteiger partial charge in [0.2, 0.25) is 10.0 Å². The number of sulfonamides is 1. The van der Waals surface area contributed by atoms with Gasteiger partial charge in [0.15, 0.2) is 9.88 Å². The van der Waals surface area contributed by atoms with Gasteiger partial charge in [0.25, 0.3) is 5.91 Å². The van der Waals surface area contributed by atoms with Crippen LogP contribution in [0.1, 0.15) is 39.2 Å². The molecule has 0 bridgehead atoms. The van der Waals surface area contributed by atoms with Crippen LogP contribution in [0, 0.1) is 0 Å². The van der Waals surface area contributed by atoms with Crippen molar-refractivity contribution in [2.75, 3.05) is 44.3 Å². The lowest BCUT2D eigenvalue weighted by molar-refractivity contribution is -0.134. The number of hydroxylamine groups is 1. The van der Waals surface area contributed by atoms with E-state index in [0.717, 1.165) is 15.6 Å². The van der Waals surface area contributed by atoms with Crippen molar-refractivity contribution in [3.8, 4) is 10.4 Å². The molecule has 1 amide bonds. The lowest BCUT2D eigenvalue weighted by Gasteiger charge is -2.41. The van der Waals surface area contributed by atoms with E-state index in [1.54, 1.807) is 16.8 Å². The van der Waals surface area contributed by atoms with E-state index in [9.17, 15) is 18.4 Å². The van der Waals surface area contributed by atoms with Gasteiger partial charge in [0, 0.05) is 58.4 Å². The van der Waals surface area contributed by atoms with Gasteiger partial charge in [-0.15, -0.1) is 0 Å². The first-order valence-electron chi connectivity index (χ1n) is 11.4. The van der Waals surface area contributed by atoms with E-state index in [2.05, 4.69) is 54.9 Å². The Morgan fingerprint density at radius 1 is 1.12 bits per heavy atom. The molecule has 2 aromatic rings. The minimum atomic E-state index is -3.98. The second-order valence-corrected chi connectivity index (χ2v) is 13.0. The average molecular weight is 509 g/mol. The standard InChI is InChI=1S/C23H32N4O5S2/c1-22(2,3)18-6-4-17(5-7-18)19-16-24-21(33-19)26-10-12-27(13-11-26)34(30,31)23(20(28)25-29)8-14-32-15-9-23/h4-7,16,29H,8-15H2,1-3H3,(H,25,28). The van der Waals surface area contributed by atoms with Crippen molar-refractivity contribution in [2.24, 2.45) is 0 Å². The van der Waals surface area contributed by atoms with Crippen LogP contribution in [0.2, 0.25) is 0 Å². The monoisotopic (exact) mass is 508 g/mol. The molecular formula is C23H32N4O5S2. The number of ether oxygens (including phenoxy) is 1. The Hall–Kier alpha value is -2.05. The minimum Gasteiger partial charge on any atom is -0.381 e. The van der Waals surface area contributed by atoms with Gasteiger partial charge in [-0.2, -0.15) is 4.31 Å². The first-order valence-corrected chi connectivity index (χ1v) is 13.7. The van der Waals surface area contributed by atoms with Crippen LogP contribution in [0.25, 0.3) is 10.4 Å². The van der Waals surface area contributed by atoms with Gasteiger partial charge in [-0.25, -0.2) is 18.9 Å². The summed E-state index contributed by atoms with van der Waals surface area (Å²) in [5, 5.41) is 10.1. The highest BCUT2D eigenvalue weighted by molar-refractivity contribution is 7.91. The van der Waals surface area contributed by atoms with Crippen LogP contribution < -0.4 is 10.4 Å². The molecule has 34 heavy (non-hydrogen) atoms. The van der Waals surface area contributed by atoms with Crippen molar-refractivity contribution in [3.63, 3.8) is 0 Å². The number of anilines is 1. The number of carbonyl (C=O) groups is 1. The van der Waals surface area contributed by atoms with Crippen LogP contribution in [-0.2, 0) is 25.0 Å². The maximum atomic E-state index is 13.5. The fourth-order valence-electron chi connectivity index (χ4n) is 4.45. The van der Waals surface area contributed by atoms with Crippen LogP contribution >= 0.6 is 11.3 Å². The van der Waals surface area contributed by atoms with Crippen LogP contribution in [0.3, 0.4) is 0 Å². The van der Waals surface area contributed by atoms with E-state index < -0.39 is 20.7 Å². The Balaban J connectivity index is 1.45. The largest absolute Gasteiger partial charge is 0.381 e. The highest BCUT2D eigenvalue weighted by Gasteiger charge is 2.54. The van der Waals surface area contributed by atoms with E-state index in [1.807, 2.05) is 6.20 Å². The predicted octanol–water partition coefficient (Wildman–Crippen LogP) is 2.61. The van der Waals surface area contributed by atoms with Crippen LogP contribution in [0.15, 0.2) is 30.5 Å². The topological polar surface area (TPSA) is 112 Å². The summed E-state index contributed by atoms with van der Waals surface area (Å²) in [7, 11) is -3.98. The molecule has 4 rings (SSSR count). The molecule has 0 aliphatic carbocycles. The molecule has 2 saturated heterocycles. The number of benzene rings is 1. The number of hydrogen-bond donors (Lipinski definition) is 2. The zero-order valence-corrected chi connectivity index (χ0v) is 21.4. The first kappa shape index (κ1) is 25.1. The van der Waals surface area contributed by atoms with Crippen LogP contribution in [0.4, 0.5) is 5.13 Å². The SMILES string of the molecule is CC(C)(C)c1ccc(-c2cnc(N3CCN(S(=O)(=O)C4(C(=O)NO)CCOCC4)CC3)s2)cc1. The van der Waals surface area contributed by atoms with Gasteiger partial charge >= 0.3 is 0 Å². The molecule has 0 atom stereocenters. The molecule has 2 aliphatic rings. The maximum absolute atomic E-state index is 13.5. The highest BCUT2D eigenvalue weighted by Crippen LogP contribution is 2.36. The summed E-state index contributed by atoms with van der Waals surface area (Å²) in [5.74, 6) is -0.889. The molecule has 0 radical (unpaired) electrons. The predicted molar refractivity (Wildman–Crippen MR) is 132 cm³/mol. The van der Waals surface area contributed by atoms with Crippen molar-refractivity contribution in [1.29, 1.82) is 0 Å². The van der Waals surface area contributed by atoms with Crippen molar-refractivity contribution in [1.82, 2.24) is 14.8 Å². The fourth-order valence-corrected chi connectivity index (χ4v) is 7.52. The van der Waals surface area contributed by atoms with E-state index in [-0.39, 0.29) is 44.6 Å². The summed E-state index contributed by atoms with van der Waals surface area (Å²) < 4.78 is 31.9. The van der Waals surface area contributed by atoms with Gasteiger partial charge in [0.1, 0.15) is 0 Å². The smallest absolute Gasteiger partial charge is 0.266 e. The zero-order valence-electron chi connectivity index (χ0n) is 19.8. The number of hydrogen-bond acceptors (Lipinski definition) is 8. The lowest BCUT2D eigenvalue weighted by Crippen LogP contribution is -2.62. The van der Waals surface area contributed by atoms with E-state index in [4.69, 9.17) is 4.74 Å². The molecule has 0 saturated carbocycles. The van der Waals surface area contributed by atoms with Crippen molar-refractivity contribution >= 4 is 32.4 Å². The Kier molecular flexibility index (Phi) is 7.03. The Bertz CT molecular complexity index is 1110. The van der Waals surface area contributed by atoms with Crippen molar-refractivity contribution in [2.45, 2.75) is 43.8 Å². The van der Waals surface area contributed by atoms with E-state index >= 15 is 0 Å². The van der Waals surface area contributed by atoms with Crippen molar-refractivity contribution < 1.29 is 23.2 Å².